The number of nitrogens with one attached hydrogen (secondary N) is 1. The lowest BCUT2D eigenvalue weighted by Crippen LogP contribution is -2.27. The van der Waals surface area contributed by atoms with Gasteiger partial charge in [-0.15, -0.1) is 0 Å². The fourth-order valence-electron chi connectivity index (χ4n) is 3.13. The van der Waals surface area contributed by atoms with Gasteiger partial charge < -0.3 is 20.7 Å². The van der Waals surface area contributed by atoms with Crippen LogP contribution in [0.25, 0.3) is 4.91 Å². The van der Waals surface area contributed by atoms with Crippen molar-refractivity contribution in [2.75, 3.05) is 33.3 Å². The van der Waals surface area contributed by atoms with Crippen LogP contribution in [-0.2, 0) is 4.79 Å². The number of hydrogen-bond donors (Lipinski definition) is 2. The second-order valence-corrected chi connectivity index (χ2v) is 8.44. The number of halogens is 1. The van der Waals surface area contributed by atoms with Crippen LogP contribution < -0.4 is 15.8 Å². The summed E-state index contributed by atoms with van der Waals surface area (Å²) in [4.78, 5) is 16.2. The highest BCUT2D eigenvalue weighted by molar-refractivity contribution is 8.12. The van der Waals surface area contributed by atoms with E-state index in [1.807, 2.05) is 0 Å². The summed E-state index contributed by atoms with van der Waals surface area (Å²) < 4.78 is 5.37. The molecule has 0 unspecified atom stereocenters. The minimum Gasteiger partial charge on any atom is -0.496 e. The Labute approximate surface area is 177 Å². The SMILES string of the molecule is C=C(S/C(C(=O)NCCCCN1CCCC1)=C(/C)N)c1cc(Cl)ccc1OC. The summed E-state index contributed by atoms with van der Waals surface area (Å²) in [6.45, 7) is 9.96. The van der Waals surface area contributed by atoms with E-state index in [-0.39, 0.29) is 5.91 Å². The van der Waals surface area contributed by atoms with E-state index in [4.69, 9.17) is 22.1 Å². The van der Waals surface area contributed by atoms with Crippen LogP contribution in [0.3, 0.4) is 0 Å². The molecule has 154 valence electrons. The van der Waals surface area contributed by atoms with E-state index in [0.29, 0.717) is 32.8 Å². The Hall–Kier alpha value is -1.63. The first-order valence-electron chi connectivity index (χ1n) is 9.60. The fourth-order valence-corrected chi connectivity index (χ4v) is 4.14. The number of ether oxygens (including phenoxy) is 1. The number of hydrogen-bond acceptors (Lipinski definition) is 5. The van der Waals surface area contributed by atoms with Crippen LogP contribution in [0.15, 0.2) is 35.4 Å². The fraction of sp³-hybridized carbons (Fsp3) is 0.476. The standard InChI is InChI=1S/C21H30ClN3O2S/c1-15(23)20(21(26)24-10-4-5-11-25-12-6-7-13-25)28-16(2)18-14-17(22)8-9-19(18)27-3/h8-9,14H,2,4-7,10-13,23H2,1,3H3,(H,24,26)/b20-15-. The van der Waals surface area contributed by atoms with E-state index in [0.717, 1.165) is 24.9 Å². The van der Waals surface area contributed by atoms with E-state index in [2.05, 4.69) is 16.8 Å². The molecule has 2 rings (SSSR count). The van der Waals surface area contributed by atoms with Gasteiger partial charge >= 0.3 is 0 Å². The summed E-state index contributed by atoms with van der Waals surface area (Å²) in [7, 11) is 1.59. The van der Waals surface area contributed by atoms with Crippen LogP contribution in [0.1, 0.15) is 38.2 Å². The molecule has 1 saturated heterocycles. The molecule has 7 heteroatoms. The van der Waals surface area contributed by atoms with E-state index < -0.39 is 0 Å². The topological polar surface area (TPSA) is 67.6 Å². The van der Waals surface area contributed by atoms with Crippen molar-refractivity contribution in [2.24, 2.45) is 5.73 Å². The third-order valence-corrected chi connectivity index (χ3v) is 6.05. The summed E-state index contributed by atoms with van der Waals surface area (Å²) in [6, 6.07) is 5.31. The lowest BCUT2D eigenvalue weighted by Gasteiger charge is -2.15. The Bertz CT molecular complexity index is 726. The van der Waals surface area contributed by atoms with E-state index in [9.17, 15) is 4.79 Å². The average Bonchev–Trinajstić information content (AvgIpc) is 3.18. The number of methoxy groups -OCH3 is 1. The Balaban J connectivity index is 1.88. The van der Waals surface area contributed by atoms with Crippen molar-refractivity contribution in [1.82, 2.24) is 10.2 Å². The Kier molecular flexibility index (Phi) is 9.22. The molecule has 3 N–H and O–H groups in total. The normalized spacial score (nSPS) is 15.2. The molecule has 1 aliphatic heterocycles. The molecule has 0 atom stereocenters. The van der Waals surface area contributed by atoms with Gasteiger partial charge in [0.25, 0.3) is 5.91 Å². The number of nitrogens with zero attached hydrogens (tertiary/aromatic N) is 1. The number of carbonyl (C=O) groups excluding carboxylic acids is 1. The van der Waals surface area contributed by atoms with Gasteiger partial charge in [0.1, 0.15) is 5.75 Å². The molecule has 0 radical (unpaired) electrons. The summed E-state index contributed by atoms with van der Waals surface area (Å²) in [6.07, 6.45) is 4.64. The first kappa shape index (κ1) is 22.7. The van der Waals surface area contributed by atoms with Crippen LogP contribution in [0.5, 0.6) is 5.75 Å². The molecule has 28 heavy (non-hydrogen) atoms. The lowest BCUT2D eigenvalue weighted by molar-refractivity contribution is -0.116. The van der Waals surface area contributed by atoms with Gasteiger partial charge in [0.05, 0.1) is 12.0 Å². The van der Waals surface area contributed by atoms with Gasteiger partial charge in [-0.2, -0.15) is 0 Å². The van der Waals surface area contributed by atoms with Gasteiger partial charge in [0.2, 0.25) is 0 Å². The van der Waals surface area contributed by atoms with Crippen LogP contribution in [0.2, 0.25) is 5.02 Å². The van der Waals surface area contributed by atoms with Crippen molar-refractivity contribution < 1.29 is 9.53 Å². The smallest absolute Gasteiger partial charge is 0.259 e. The molecule has 0 saturated carbocycles. The van der Waals surface area contributed by atoms with Gasteiger partial charge in [0, 0.05) is 27.7 Å². The molecule has 0 aliphatic carbocycles. The highest BCUT2D eigenvalue weighted by atomic mass is 35.5. The average molecular weight is 424 g/mol. The Morgan fingerprint density at radius 1 is 1.36 bits per heavy atom. The van der Waals surface area contributed by atoms with Crippen LogP contribution in [-0.4, -0.2) is 44.1 Å². The number of unbranched alkanes of at least 4 members (excludes halogenated alkanes) is 1. The van der Waals surface area contributed by atoms with E-state index in [1.165, 1.54) is 37.7 Å². The Morgan fingerprint density at radius 3 is 2.71 bits per heavy atom. The monoisotopic (exact) mass is 423 g/mol. The van der Waals surface area contributed by atoms with Crippen molar-refractivity contribution in [3.63, 3.8) is 0 Å². The maximum absolute atomic E-state index is 12.6. The molecule has 1 amide bonds. The Morgan fingerprint density at radius 2 is 2.07 bits per heavy atom. The number of allylic oxidation sites excluding steroid dienone is 1. The highest BCUT2D eigenvalue weighted by Crippen LogP contribution is 2.38. The maximum Gasteiger partial charge on any atom is 0.259 e. The van der Waals surface area contributed by atoms with Crippen molar-refractivity contribution in [1.29, 1.82) is 0 Å². The van der Waals surface area contributed by atoms with Gasteiger partial charge in [-0.05, 0) is 70.4 Å². The zero-order valence-electron chi connectivity index (χ0n) is 16.7. The number of benzene rings is 1. The lowest BCUT2D eigenvalue weighted by atomic mass is 10.2. The number of rotatable bonds is 10. The summed E-state index contributed by atoms with van der Waals surface area (Å²) in [5.41, 5.74) is 7.18. The molecule has 1 fully saturated rings. The minimum atomic E-state index is -0.173. The maximum atomic E-state index is 12.6. The zero-order chi connectivity index (χ0) is 20.5. The summed E-state index contributed by atoms with van der Waals surface area (Å²) in [5, 5.41) is 3.55. The molecule has 1 aliphatic rings. The van der Waals surface area contributed by atoms with Crippen molar-refractivity contribution in [3.8, 4) is 5.75 Å². The van der Waals surface area contributed by atoms with Crippen molar-refractivity contribution in [3.05, 3.63) is 46.0 Å². The number of amides is 1. The van der Waals surface area contributed by atoms with Crippen LogP contribution in [0.4, 0.5) is 0 Å². The number of nitrogens with two attached hydrogens (primary N) is 1. The first-order chi connectivity index (χ1) is 13.4. The van der Waals surface area contributed by atoms with Crippen molar-refractivity contribution >= 4 is 34.2 Å². The largest absolute Gasteiger partial charge is 0.496 e. The highest BCUT2D eigenvalue weighted by Gasteiger charge is 2.17. The molecule has 0 bridgehead atoms. The van der Waals surface area contributed by atoms with Gasteiger partial charge in [-0.3, -0.25) is 4.79 Å². The predicted octanol–water partition coefficient (Wildman–Crippen LogP) is 4.23. The molecular formula is C21H30ClN3O2S. The number of likely N-dealkylation sites (tertiary alicyclic amines) is 1. The summed E-state index contributed by atoms with van der Waals surface area (Å²) >= 11 is 7.34. The molecule has 0 spiro atoms. The molecule has 1 aromatic rings. The minimum absolute atomic E-state index is 0.173. The van der Waals surface area contributed by atoms with Gasteiger partial charge in [0.15, 0.2) is 0 Å². The second-order valence-electron chi connectivity index (χ2n) is 6.89. The predicted molar refractivity (Wildman–Crippen MR) is 119 cm³/mol. The van der Waals surface area contributed by atoms with E-state index >= 15 is 0 Å². The van der Waals surface area contributed by atoms with E-state index in [1.54, 1.807) is 32.2 Å². The second kappa shape index (κ2) is 11.4. The number of carbonyl (C=O) groups is 1. The van der Waals surface area contributed by atoms with Gasteiger partial charge in [-0.25, -0.2) is 0 Å². The molecule has 1 aromatic carbocycles. The van der Waals surface area contributed by atoms with Crippen LogP contribution >= 0.6 is 23.4 Å². The third kappa shape index (κ3) is 6.76. The molecule has 1 heterocycles. The zero-order valence-corrected chi connectivity index (χ0v) is 18.3. The molecule has 0 aromatic heterocycles. The number of thioether (sulfide) groups is 1. The summed E-state index contributed by atoms with van der Waals surface area (Å²) in [5.74, 6) is 0.478. The first-order valence-corrected chi connectivity index (χ1v) is 10.8. The van der Waals surface area contributed by atoms with Crippen molar-refractivity contribution in [2.45, 2.75) is 32.6 Å². The van der Waals surface area contributed by atoms with Crippen LogP contribution in [0, 0.1) is 0 Å². The molecule has 5 nitrogen and oxygen atoms in total. The molecular weight excluding hydrogens is 394 g/mol. The quantitative estimate of drug-likeness (QED) is 0.435. The third-order valence-electron chi connectivity index (χ3n) is 4.64. The van der Waals surface area contributed by atoms with Gasteiger partial charge in [-0.1, -0.05) is 29.9 Å².